The predicted octanol–water partition coefficient (Wildman–Crippen LogP) is 5.19. The molecule has 0 saturated heterocycles. The third kappa shape index (κ3) is 3.76. The fraction of sp³-hybridized carbons (Fsp3) is 0.217. The molecule has 2 heterocycles. The van der Waals surface area contributed by atoms with Crippen LogP contribution in [0.1, 0.15) is 19.4 Å². The first-order chi connectivity index (χ1) is 13.6. The Kier molecular flexibility index (Phi) is 5.35. The molecule has 28 heavy (non-hydrogen) atoms. The summed E-state index contributed by atoms with van der Waals surface area (Å²) in [5, 5.41) is 0.770. The molecule has 0 aliphatic rings. The number of aromatic nitrogens is 3. The zero-order valence-electron chi connectivity index (χ0n) is 16.1. The Morgan fingerprint density at radius 3 is 2.39 bits per heavy atom. The average molecular weight is 390 g/mol. The van der Waals surface area contributed by atoms with Crippen LogP contribution in [0.5, 0.6) is 0 Å². The monoisotopic (exact) mass is 389 g/mol. The van der Waals surface area contributed by atoms with Crippen LogP contribution in [-0.2, 0) is 6.54 Å². The summed E-state index contributed by atoms with van der Waals surface area (Å²) in [5.74, 6) is 1.43. The van der Waals surface area contributed by atoms with Crippen LogP contribution in [-0.4, -0.2) is 20.3 Å². The van der Waals surface area contributed by atoms with Crippen molar-refractivity contribution in [3.8, 4) is 11.1 Å². The van der Waals surface area contributed by atoms with Gasteiger partial charge < -0.3 is 4.98 Å². The largest absolute Gasteiger partial charge is 0.355 e. The second kappa shape index (κ2) is 8.07. The van der Waals surface area contributed by atoms with E-state index in [1.807, 2.05) is 66.9 Å². The number of thioether (sulfide) groups is 1. The van der Waals surface area contributed by atoms with Crippen LogP contribution in [0.3, 0.4) is 0 Å². The van der Waals surface area contributed by atoms with Crippen LogP contribution in [0.25, 0.3) is 22.2 Å². The first-order valence-corrected chi connectivity index (χ1v) is 10.5. The van der Waals surface area contributed by atoms with Gasteiger partial charge in [0.2, 0.25) is 0 Å². The molecule has 1 N–H and O–H groups in total. The van der Waals surface area contributed by atoms with E-state index < -0.39 is 0 Å². The van der Waals surface area contributed by atoms with Crippen LogP contribution in [0.4, 0.5) is 0 Å². The van der Waals surface area contributed by atoms with Crippen molar-refractivity contribution in [3.63, 3.8) is 0 Å². The molecule has 2 aromatic heterocycles. The molecule has 4 nitrogen and oxygen atoms in total. The molecule has 5 heteroatoms. The van der Waals surface area contributed by atoms with Gasteiger partial charge in [-0.3, -0.25) is 9.36 Å². The number of hydrogen-bond acceptors (Lipinski definition) is 3. The number of fused-ring (bicyclic) bond motifs is 1. The van der Waals surface area contributed by atoms with Gasteiger partial charge in [-0.05, 0) is 17.0 Å². The highest BCUT2D eigenvalue weighted by Gasteiger charge is 2.17. The summed E-state index contributed by atoms with van der Waals surface area (Å²) >= 11 is 1.65. The minimum atomic E-state index is -0.0257. The molecule has 0 bridgehead atoms. The molecule has 2 aromatic carbocycles. The molecular weight excluding hydrogens is 366 g/mol. The van der Waals surface area contributed by atoms with E-state index in [-0.39, 0.29) is 5.56 Å². The lowest BCUT2D eigenvalue weighted by Gasteiger charge is -2.13. The van der Waals surface area contributed by atoms with Crippen molar-refractivity contribution < 1.29 is 0 Å². The molecule has 0 spiro atoms. The van der Waals surface area contributed by atoms with Gasteiger partial charge in [0.05, 0.1) is 6.54 Å². The highest BCUT2D eigenvalue weighted by Crippen LogP contribution is 2.28. The Hall–Kier alpha value is -2.79. The summed E-state index contributed by atoms with van der Waals surface area (Å²) in [6.07, 6.45) is 1.89. The number of H-pyrrole nitrogens is 1. The van der Waals surface area contributed by atoms with Gasteiger partial charge in [0.25, 0.3) is 5.56 Å². The third-order valence-corrected chi connectivity index (χ3v) is 5.97. The standard InChI is InChI=1S/C23H23N3OS/c1-16(2)15-28-23-25-20-19(18-11-7-4-8-12-18)13-24-21(20)22(27)26(23)14-17-9-5-3-6-10-17/h3-13,16,24H,14-15H2,1-2H3. The summed E-state index contributed by atoms with van der Waals surface area (Å²) < 4.78 is 1.79. The van der Waals surface area contributed by atoms with E-state index in [9.17, 15) is 4.79 Å². The molecule has 0 amide bonds. The topological polar surface area (TPSA) is 50.7 Å². The molecule has 0 unspecified atom stereocenters. The maximum Gasteiger partial charge on any atom is 0.278 e. The number of benzene rings is 2. The zero-order valence-corrected chi connectivity index (χ0v) is 16.9. The molecule has 0 fully saturated rings. The SMILES string of the molecule is CC(C)CSc1nc2c(-c3ccccc3)c[nH]c2c(=O)n1Cc1ccccc1. The van der Waals surface area contributed by atoms with Gasteiger partial charge in [0.1, 0.15) is 11.0 Å². The first kappa shape index (κ1) is 18.6. The Balaban J connectivity index is 1.86. The van der Waals surface area contributed by atoms with Gasteiger partial charge in [0, 0.05) is 17.5 Å². The zero-order chi connectivity index (χ0) is 19.5. The van der Waals surface area contributed by atoms with Crippen LogP contribution in [0, 0.1) is 5.92 Å². The van der Waals surface area contributed by atoms with E-state index in [2.05, 4.69) is 18.8 Å². The van der Waals surface area contributed by atoms with Crippen molar-refractivity contribution in [3.05, 3.63) is 82.8 Å². The van der Waals surface area contributed by atoms with Gasteiger partial charge in [-0.2, -0.15) is 0 Å². The van der Waals surface area contributed by atoms with Crippen molar-refractivity contribution in [2.45, 2.75) is 25.5 Å². The van der Waals surface area contributed by atoms with Crippen molar-refractivity contribution in [2.24, 2.45) is 5.92 Å². The van der Waals surface area contributed by atoms with Gasteiger partial charge in [0.15, 0.2) is 5.16 Å². The second-order valence-electron chi connectivity index (χ2n) is 7.27. The Bertz CT molecular complexity index is 1130. The molecule has 0 atom stereocenters. The fourth-order valence-corrected chi connectivity index (χ4v) is 4.11. The summed E-state index contributed by atoms with van der Waals surface area (Å²) in [5.41, 5.74) is 4.39. The second-order valence-corrected chi connectivity index (χ2v) is 8.26. The number of nitrogens with one attached hydrogen (secondary N) is 1. The smallest absolute Gasteiger partial charge is 0.278 e. The molecule has 0 aliphatic carbocycles. The number of hydrogen-bond donors (Lipinski definition) is 1. The third-order valence-electron chi connectivity index (χ3n) is 4.56. The van der Waals surface area contributed by atoms with Crippen LogP contribution < -0.4 is 5.56 Å². The minimum Gasteiger partial charge on any atom is -0.355 e. The van der Waals surface area contributed by atoms with Crippen molar-refractivity contribution >= 4 is 22.8 Å². The van der Waals surface area contributed by atoms with Crippen LogP contribution in [0.15, 0.2) is 76.8 Å². The maximum absolute atomic E-state index is 13.3. The lowest BCUT2D eigenvalue weighted by atomic mass is 10.1. The van der Waals surface area contributed by atoms with Gasteiger partial charge in [-0.15, -0.1) is 0 Å². The van der Waals surface area contributed by atoms with E-state index >= 15 is 0 Å². The molecule has 0 radical (unpaired) electrons. The summed E-state index contributed by atoms with van der Waals surface area (Å²) in [4.78, 5) is 21.4. The van der Waals surface area contributed by atoms with Crippen molar-refractivity contribution in [1.82, 2.24) is 14.5 Å². The van der Waals surface area contributed by atoms with Crippen molar-refractivity contribution in [2.75, 3.05) is 5.75 Å². The van der Waals surface area contributed by atoms with E-state index in [0.29, 0.717) is 18.0 Å². The number of nitrogens with zero attached hydrogens (tertiary/aromatic N) is 2. The Labute approximate surface area is 168 Å². The number of aromatic amines is 1. The molecule has 4 rings (SSSR count). The Morgan fingerprint density at radius 1 is 1.04 bits per heavy atom. The highest BCUT2D eigenvalue weighted by molar-refractivity contribution is 7.99. The molecule has 142 valence electrons. The first-order valence-electron chi connectivity index (χ1n) is 9.47. The lowest BCUT2D eigenvalue weighted by molar-refractivity contribution is 0.653. The minimum absolute atomic E-state index is 0.0257. The highest BCUT2D eigenvalue weighted by atomic mass is 32.2. The molecule has 4 aromatic rings. The van der Waals surface area contributed by atoms with Crippen LogP contribution >= 0.6 is 11.8 Å². The quantitative estimate of drug-likeness (QED) is 0.365. The molecule has 0 aliphatic heterocycles. The van der Waals surface area contributed by atoms with Crippen molar-refractivity contribution in [1.29, 1.82) is 0 Å². The maximum atomic E-state index is 13.3. The van der Waals surface area contributed by atoms with E-state index in [4.69, 9.17) is 4.98 Å². The van der Waals surface area contributed by atoms with Gasteiger partial charge in [-0.25, -0.2) is 4.98 Å². The number of rotatable bonds is 6. The van der Waals surface area contributed by atoms with E-state index in [1.54, 1.807) is 16.3 Å². The summed E-state index contributed by atoms with van der Waals surface area (Å²) in [7, 11) is 0. The van der Waals surface area contributed by atoms with Gasteiger partial charge >= 0.3 is 0 Å². The summed E-state index contributed by atoms with van der Waals surface area (Å²) in [6.45, 7) is 4.87. The average Bonchev–Trinajstić information content (AvgIpc) is 3.14. The fourth-order valence-electron chi connectivity index (χ4n) is 3.17. The molecular formula is C23H23N3OS. The molecule has 0 saturated carbocycles. The van der Waals surface area contributed by atoms with E-state index in [0.717, 1.165) is 33.1 Å². The van der Waals surface area contributed by atoms with E-state index in [1.165, 1.54) is 0 Å². The predicted molar refractivity (Wildman–Crippen MR) is 117 cm³/mol. The summed E-state index contributed by atoms with van der Waals surface area (Å²) in [6, 6.07) is 20.1. The normalized spacial score (nSPS) is 11.4. The van der Waals surface area contributed by atoms with Gasteiger partial charge in [-0.1, -0.05) is 86.3 Å². The van der Waals surface area contributed by atoms with Crippen LogP contribution in [0.2, 0.25) is 0 Å². The Morgan fingerprint density at radius 2 is 1.71 bits per heavy atom. The lowest BCUT2D eigenvalue weighted by Crippen LogP contribution is -2.24.